The largest absolute Gasteiger partial charge is 0.394 e. The fourth-order valence-corrected chi connectivity index (χ4v) is 1.19. The van der Waals surface area contributed by atoms with Gasteiger partial charge in [0.05, 0.1) is 30.6 Å². The van der Waals surface area contributed by atoms with Crippen LogP contribution < -0.4 is 11.1 Å². The van der Waals surface area contributed by atoms with Crippen LogP contribution in [0.25, 0.3) is 0 Å². The Kier molecular flexibility index (Phi) is 3.32. The lowest BCUT2D eigenvalue weighted by atomic mass is 10.3. The number of aromatic nitrogens is 2. The first-order valence-electron chi connectivity index (χ1n) is 4.37. The highest BCUT2D eigenvalue weighted by Gasteiger charge is 2.13. The Bertz CT molecular complexity index is 307. The van der Waals surface area contributed by atoms with Crippen LogP contribution in [0.1, 0.15) is 5.69 Å². The third-order valence-electron chi connectivity index (χ3n) is 2.05. The minimum atomic E-state index is -0.410. The number of aliphatic hydroxyl groups is 2. The van der Waals surface area contributed by atoms with Crippen molar-refractivity contribution in [2.24, 2.45) is 7.05 Å². The third kappa shape index (κ3) is 1.97. The van der Waals surface area contributed by atoms with Gasteiger partial charge in [-0.25, -0.2) is 0 Å². The molecule has 0 saturated heterocycles. The molecule has 0 atom stereocenters. The second kappa shape index (κ2) is 4.30. The van der Waals surface area contributed by atoms with Gasteiger partial charge in [-0.05, 0) is 6.92 Å². The molecule has 1 aromatic heterocycles. The molecule has 5 N–H and O–H groups in total. The summed E-state index contributed by atoms with van der Waals surface area (Å²) in [5.41, 5.74) is 7.02. The van der Waals surface area contributed by atoms with E-state index >= 15 is 0 Å². The Labute approximate surface area is 82.3 Å². The number of hydrogen-bond donors (Lipinski definition) is 4. The maximum atomic E-state index is 8.88. The molecule has 14 heavy (non-hydrogen) atoms. The van der Waals surface area contributed by atoms with Crippen LogP contribution in [-0.4, -0.2) is 39.2 Å². The maximum absolute atomic E-state index is 8.88. The summed E-state index contributed by atoms with van der Waals surface area (Å²) in [6.07, 6.45) is 0. The van der Waals surface area contributed by atoms with Crippen molar-refractivity contribution in [3.8, 4) is 0 Å². The Hall–Kier alpha value is -1.27. The number of aliphatic hydroxyl groups excluding tert-OH is 2. The van der Waals surface area contributed by atoms with Gasteiger partial charge in [-0.1, -0.05) is 0 Å². The van der Waals surface area contributed by atoms with Crippen molar-refractivity contribution in [1.82, 2.24) is 9.78 Å². The van der Waals surface area contributed by atoms with E-state index in [1.165, 1.54) is 0 Å². The van der Waals surface area contributed by atoms with Gasteiger partial charge in [-0.3, -0.25) is 4.68 Å². The first-order valence-corrected chi connectivity index (χ1v) is 4.37. The first kappa shape index (κ1) is 10.8. The fourth-order valence-electron chi connectivity index (χ4n) is 1.19. The molecule has 0 aromatic carbocycles. The van der Waals surface area contributed by atoms with Crippen molar-refractivity contribution >= 4 is 11.5 Å². The van der Waals surface area contributed by atoms with E-state index in [-0.39, 0.29) is 13.2 Å². The van der Waals surface area contributed by atoms with Crippen LogP contribution >= 0.6 is 0 Å². The monoisotopic (exact) mass is 200 g/mol. The number of anilines is 2. The summed E-state index contributed by atoms with van der Waals surface area (Å²) in [5.74, 6) is 0.621. The maximum Gasteiger partial charge on any atom is 0.148 e. The summed E-state index contributed by atoms with van der Waals surface area (Å²) >= 11 is 0. The van der Waals surface area contributed by atoms with Crippen LogP contribution in [0.2, 0.25) is 0 Å². The minimum Gasteiger partial charge on any atom is -0.394 e. The van der Waals surface area contributed by atoms with E-state index in [2.05, 4.69) is 10.4 Å². The van der Waals surface area contributed by atoms with Gasteiger partial charge in [0.15, 0.2) is 0 Å². The van der Waals surface area contributed by atoms with Crippen molar-refractivity contribution < 1.29 is 10.2 Å². The van der Waals surface area contributed by atoms with Crippen molar-refractivity contribution in [3.63, 3.8) is 0 Å². The highest BCUT2D eigenvalue weighted by atomic mass is 16.3. The molecule has 0 aliphatic heterocycles. The van der Waals surface area contributed by atoms with E-state index in [1.807, 2.05) is 0 Å². The van der Waals surface area contributed by atoms with Gasteiger partial charge in [0.25, 0.3) is 0 Å². The lowest BCUT2D eigenvalue weighted by Gasteiger charge is -2.15. The first-order chi connectivity index (χ1) is 6.60. The molecular formula is C8H16N4O2. The molecule has 6 nitrogen and oxygen atoms in total. The summed E-state index contributed by atoms with van der Waals surface area (Å²) in [5, 5.41) is 24.8. The van der Waals surface area contributed by atoms with Crippen LogP contribution in [0.3, 0.4) is 0 Å². The Morgan fingerprint density at radius 2 is 2.07 bits per heavy atom. The third-order valence-corrected chi connectivity index (χ3v) is 2.05. The standard InChI is InChI=1S/C8H16N4O2/c1-5-7(9)8(12(2)11-5)10-6(3-13)4-14/h6,10,13-14H,3-4,9H2,1-2H3. The molecule has 0 bridgehead atoms. The zero-order valence-electron chi connectivity index (χ0n) is 8.36. The molecular weight excluding hydrogens is 184 g/mol. The van der Waals surface area contributed by atoms with E-state index < -0.39 is 6.04 Å². The summed E-state index contributed by atoms with van der Waals surface area (Å²) < 4.78 is 1.59. The number of nitrogens with two attached hydrogens (primary N) is 1. The van der Waals surface area contributed by atoms with Gasteiger partial charge in [0.1, 0.15) is 5.82 Å². The predicted molar refractivity (Wildman–Crippen MR) is 53.9 cm³/mol. The van der Waals surface area contributed by atoms with Gasteiger partial charge in [-0.2, -0.15) is 5.10 Å². The summed E-state index contributed by atoms with van der Waals surface area (Å²) in [7, 11) is 1.75. The minimum absolute atomic E-state index is 0.153. The van der Waals surface area contributed by atoms with Crippen molar-refractivity contribution in [2.45, 2.75) is 13.0 Å². The Morgan fingerprint density at radius 1 is 1.50 bits per heavy atom. The van der Waals surface area contributed by atoms with Gasteiger partial charge in [0.2, 0.25) is 0 Å². The SMILES string of the molecule is Cc1nn(C)c(NC(CO)CO)c1N. The van der Waals surface area contributed by atoms with Crippen molar-refractivity contribution in [1.29, 1.82) is 0 Å². The average molecular weight is 200 g/mol. The van der Waals surface area contributed by atoms with Gasteiger partial charge >= 0.3 is 0 Å². The molecule has 0 fully saturated rings. The topological polar surface area (TPSA) is 96.3 Å². The molecule has 0 spiro atoms. The van der Waals surface area contributed by atoms with E-state index in [0.717, 1.165) is 5.69 Å². The Balaban J connectivity index is 2.84. The molecule has 0 unspecified atom stereocenters. The summed E-state index contributed by atoms with van der Waals surface area (Å²) in [4.78, 5) is 0. The lowest BCUT2D eigenvalue weighted by molar-refractivity contribution is 0.203. The highest BCUT2D eigenvalue weighted by molar-refractivity contribution is 5.64. The molecule has 80 valence electrons. The molecule has 0 aliphatic rings. The quantitative estimate of drug-likeness (QED) is 0.504. The lowest BCUT2D eigenvalue weighted by Crippen LogP contribution is -2.29. The summed E-state index contributed by atoms with van der Waals surface area (Å²) in [6.45, 7) is 1.49. The summed E-state index contributed by atoms with van der Waals surface area (Å²) in [6, 6.07) is -0.410. The Morgan fingerprint density at radius 3 is 2.43 bits per heavy atom. The number of hydrogen-bond acceptors (Lipinski definition) is 5. The molecule has 0 saturated carbocycles. The molecule has 0 amide bonds. The van der Waals surface area contributed by atoms with E-state index in [4.69, 9.17) is 15.9 Å². The van der Waals surface area contributed by atoms with Crippen molar-refractivity contribution in [2.75, 3.05) is 24.3 Å². The van der Waals surface area contributed by atoms with E-state index in [0.29, 0.717) is 11.5 Å². The number of nitrogen functional groups attached to an aromatic ring is 1. The van der Waals surface area contributed by atoms with Gasteiger partial charge in [-0.15, -0.1) is 0 Å². The second-order valence-electron chi connectivity index (χ2n) is 3.18. The van der Waals surface area contributed by atoms with Crippen LogP contribution in [0.5, 0.6) is 0 Å². The zero-order chi connectivity index (χ0) is 10.7. The highest BCUT2D eigenvalue weighted by Crippen LogP contribution is 2.21. The molecule has 1 aromatic rings. The number of nitrogens with zero attached hydrogens (tertiary/aromatic N) is 2. The smallest absolute Gasteiger partial charge is 0.148 e. The number of nitrogens with one attached hydrogen (secondary N) is 1. The van der Waals surface area contributed by atoms with Crippen LogP contribution in [0.15, 0.2) is 0 Å². The average Bonchev–Trinajstić information content (AvgIpc) is 2.40. The van der Waals surface area contributed by atoms with Crippen LogP contribution in [-0.2, 0) is 7.05 Å². The van der Waals surface area contributed by atoms with Crippen LogP contribution in [0, 0.1) is 6.92 Å². The second-order valence-corrected chi connectivity index (χ2v) is 3.18. The van der Waals surface area contributed by atoms with E-state index in [1.54, 1.807) is 18.7 Å². The van der Waals surface area contributed by atoms with Crippen LogP contribution in [0.4, 0.5) is 11.5 Å². The number of aryl methyl sites for hydroxylation is 2. The molecule has 1 heterocycles. The zero-order valence-corrected chi connectivity index (χ0v) is 8.36. The predicted octanol–water partition coefficient (Wildman–Crippen LogP) is -0.924. The normalized spacial score (nSPS) is 10.9. The molecule has 0 radical (unpaired) electrons. The molecule has 6 heteroatoms. The van der Waals surface area contributed by atoms with Gasteiger partial charge in [0, 0.05) is 7.05 Å². The van der Waals surface area contributed by atoms with Gasteiger partial charge < -0.3 is 21.3 Å². The fraction of sp³-hybridized carbons (Fsp3) is 0.625. The number of rotatable bonds is 4. The molecule has 0 aliphatic carbocycles. The van der Waals surface area contributed by atoms with Crippen molar-refractivity contribution in [3.05, 3.63) is 5.69 Å². The van der Waals surface area contributed by atoms with E-state index in [9.17, 15) is 0 Å². The molecule has 1 rings (SSSR count).